The first-order chi connectivity index (χ1) is 13.2. The summed E-state index contributed by atoms with van der Waals surface area (Å²) < 4.78 is 7.64. The molecule has 2 aliphatic heterocycles. The normalized spacial score (nSPS) is 22.2. The van der Waals surface area contributed by atoms with Crippen LogP contribution in [0.5, 0.6) is 0 Å². The molecule has 8 nitrogen and oxygen atoms in total. The van der Waals surface area contributed by atoms with E-state index >= 15 is 0 Å². The number of piperidine rings is 1. The van der Waals surface area contributed by atoms with E-state index in [0.29, 0.717) is 5.92 Å². The maximum Gasteiger partial charge on any atom is 0.146 e. The maximum atomic E-state index is 5.44. The first-order valence-electron chi connectivity index (χ1n) is 9.87. The van der Waals surface area contributed by atoms with Gasteiger partial charge in [-0.2, -0.15) is 0 Å². The number of likely N-dealkylation sites (tertiary alicyclic amines) is 1. The van der Waals surface area contributed by atoms with E-state index in [4.69, 9.17) is 4.74 Å². The summed E-state index contributed by atoms with van der Waals surface area (Å²) >= 11 is 0. The predicted octanol–water partition coefficient (Wildman–Crippen LogP) is 1.13. The highest BCUT2D eigenvalue weighted by Crippen LogP contribution is 2.26. The van der Waals surface area contributed by atoms with Crippen molar-refractivity contribution in [3.05, 3.63) is 35.4 Å². The van der Waals surface area contributed by atoms with Crippen LogP contribution in [0.1, 0.15) is 41.8 Å². The number of aromatic nitrogens is 5. The van der Waals surface area contributed by atoms with Gasteiger partial charge in [-0.3, -0.25) is 9.80 Å². The molecule has 4 heterocycles. The first kappa shape index (κ1) is 18.5. The van der Waals surface area contributed by atoms with Gasteiger partial charge in [0, 0.05) is 57.1 Å². The van der Waals surface area contributed by atoms with Crippen molar-refractivity contribution >= 4 is 0 Å². The Morgan fingerprint density at radius 1 is 1.04 bits per heavy atom. The zero-order valence-corrected chi connectivity index (χ0v) is 16.3. The second-order valence-electron chi connectivity index (χ2n) is 7.63. The fourth-order valence-electron chi connectivity index (χ4n) is 4.00. The molecule has 4 rings (SSSR count). The van der Waals surface area contributed by atoms with Crippen LogP contribution in [-0.4, -0.2) is 73.9 Å². The molecule has 2 aromatic rings. The summed E-state index contributed by atoms with van der Waals surface area (Å²) in [5, 5.41) is 9.06. The van der Waals surface area contributed by atoms with E-state index in [1.54, 1.807) is 0 Å². The third-order valence-corrected chi connectivity index (χ3v) is 5.58. The molecule has 27 heavy (non-hydrogen) atoms. The van der Waals surface area contributed by atoms with Gasteiger partial charge >= 0.3 is 0 Å². The summed E-state index contributed by atoms with van der Waals surface area (Å²) in [7, 11) is 2.11. The first-order valence-corrected chi connectivity index (χ1v) is 9.87. The average Bonchev–Trinajstić information content (AvgIpc) is 3.05. The standard InChI is InChI=1S/C19H29N7O/c1-15-20-10-16(11-21-15)12-26-5-3-4-17(13-26)19-23-22-18(24(19)2)14-25-6-8-27-9-7-25/h10-11,17H,3-9,12-14H2,1-2H3/t17-/m0/s1. The summed E-state index contributed by atoms with van der Waals surface area (Å²) in [6.45, 7) is 9.36. The van der Waals surface area contributed by atoms with E-state index in [1.165, 1.54) is 18.4 Å². The number of hydrogen-bond acceptors (Lipinski definition) is 7. The van der Waals surface area contributed by atoms with Gasteiger partial charge < -0.3 is 9.30 Å². The van der Waals surface area contributed by atoms with Crippen molar-refractivity contribution in [1.82, 2.24) is 34.5 Å². The molecule has 0 saturated carbocycles. The molecule has 1 atom stereocenters. The van der Waals surface area contributed by atoms with Gasteiger partial charge in [0.25, 0.3) is 0 Å². The van der Waals surface area contributed by atoms with E-state index in [0.717, 1.165) is 70.0 Å². The number of ether oxygens (including phenoxy) is 1. The Balaban J connectivity index is 1.39. The van der Waals surface area contributed by atoms with E-state index in [1.807, 2.05) is 19.3 Å². The Labute approximate surface area is 160 Å². The molecule has 0 aromatic carbocycles. The van der Waals surface area contributed by atoms with Gasteiger partial charge in [-0.25, -0.2) is 9.97 Å². The van der Waals surface area contributed by atoms with Gasteiger partial charge in [0.05, 0.1) is 19.8 Å². The minimum absolute atomic E-state index is 0.432. The Morgan fingerprint density at radius 2 is 1.81 bits per heavy atom. The fourth-order valence-corrected chi connectivity index (χ4v) is 4.00. The number of aryl methyl sites for hydroxylation is 1. The van der Waals surface area contributed by atoms with E-state index in [9.17, 15) is 0 Å². The summed E-state index contributed by atoms with van der Waals surface area (Å²) in [5.41, 5.74) is 1.17. The highest BCUT2D eigenvalue weighted by Gasteiger charge is 2.26. The monoisotopic (exact) mass is 371 g/mol. The highest BCUT2D eigenvalue weighted by atomic mass is 16.5. The van der Waals surface area contributed by atoms with Crippen LogP contribution in [0.3, 0.4) is 0 Å². The second kappa shape index (κ2) is 8.41. The van der Waals surface area contributed by atoms with E-state index < -0.39 is 0 Å². The van der Waals surface area contributed by atoms with Crippen LogP contribution in [-0.2, 0) is 24.9 Å². The van der Waals surface area contributed by atoms with Crippen LogP contribution >= 0.6 is 0 Å². The lowest BCUT2D eigenvalue weighted by atomic mass is 9.97. The van der Waals surface area contributed by atoms with E-state index in [-0.39, 0.29) is 0 Å². The van der Waals surface area contributed by atoms with Crippen molar-refractivity contribution in [2.45, 2.75) is 38.8 Å². The van der Waals surface area contributed by atoms with Gasteiger partial charge in [-0.05, 0) is 26.3 Å². The third kappa shape index (κ3) is 4.51. The third-order valence-electron chi connectivity index (χ3n) is 5.58. The second-order valence-corrected chi connectivity index (χ2v) is 7.63. The predicted molar refractivity (Wildman–Crippen MR) is 101 cm³/mol. The lowest BCUT2D eigenvalue weighted by Gasteiger charge is -2.32. The minimum Gasteiger partial charge on any atom is -0.379 e. The Morgan fingerprint density at radius 3 is 2.59 bits per heavy atom. The molecule has 0 amide bonds. The largest absolute Gasteiger partial charge is 0.379 e. The SMILES string of the molecule is Cc1ncc(CN2CCC[C@H](c3nnc(CN4CCOCC4)n3C)C2)cn1. The molecular weight excluding hydrogens is 342 g/mol. The van der Waals surface area contributed by atoms with Crippen molar-refractivity contribution in [3.63, 3.8) is 0 Å². The summed E-state index contributed by atoms with van der Waals surface area (Å²) in [6.07, 6.45) is 6.23. The van der Waals surface area contributed by atoms with Gasteiger partial charge in [-0.1, -0.05) is 0 Å². The van der Waals surface area contributed by atoms with Crippen LogP contribution in [0.25, 0.3) is 0 Å². The maximum absolute atomic E-state index is 5.44. The van der Waals surface area contributed by atoms with Gasteiger partial charge in [0.2, 0.25) is 0 Å². The molecule has 2 aromatic heterocycles. The van der Waals surface area contributed by atoms with Crippen LogP contribution in [0.4, 0.5) is 0 Å². The zero-order valence-electron chi connectivity index (χ0n) is 16.3. The molecule has 8 heteroatoms. The number of morpholine rings is 1. The van der Waals surface area contributed by atoms with Gasteiger partial charge in [0.1, 0.15) is 17.5 Å². The van der Waals surface area contributed by atoms with Crippen molar-refractivity contribution in [3.8, 4) is 0 Å². The number of hydrogen-bond donors (Lipinski definition) is 0. The topological polar surface area (TPSA) is 72.2 Å². The molecule has 2 fully saturated rings. The quantitative estimate of drug-likeness (QED) is 0.780. The summed E-state index contributed by atoms with van der Waals surface area (Å²) in [5.74, 6) is 3.42. The summed E-state index contributed by atoms with van der Waals surface area (Å²) in [4.78, 5) is 13.5. The van der Waals surface area contributed by atoms with Crippen LogP contribution < -0.4 is 0 Å². The number of rotatable bonds is 5. The molecule has 2 aliphatic rings. The Hall–Kier alpha value is -1.90. The zero-order chi connectivity index (χ0) is 18.6. The Bertz CT molecular complexity index is 739. The van der Waals surface area contributed by atoms with Crippen LogP contribution in [0, 0.1) is 6.92 Å². The van der Waals surface area contributed by atoms with Crippen LogP contribution in [0.15, 0.2) is 12.4 Å². The average molecular weight is 371 g/mol. The van der Waals surface area contributed by atoms with Crippen molar-refractivity contribution in [1.29, 1.82) is 0 Å². The fraction of sp³-hybridized carbons (Fsp3) is 0.684. The molecule has 146 valence electrons. The van der Waals surface area contributed by atoms with Crippen molar-refractivity contribution in [2.24, 2.45) is 7.05 Å². The van der Waals surface area contributed by atoms with E-state index in [2.05, 4.69) is 41.6 Å². The number of nitrogens with zero attached hydrogens (tertiary/aromatic N) is 7. The smallest absolute Gasteiger partial charge is 0.146 e. The molecule has 0 aliphatic carbocycles. The van der Waals surface area contributed by atoms with Crippen molar-refractivity contribution < 1.29 is 4.74 Å². The lowest BCUT2D eigenvalue weighted by Crippen LogP contribution is -2.36. The minimum atomic E-state index is 0.432. The van der Waals surface area contributed by atoms with Crippen LogP contribution in [0.2, 0.25) is 0 Å². The molecular formula is C19H29N7O. The van der Waals surface area contributed by atoms with Gasteiger partial charge in [-0.15, -0.1) is 10.2 Å². The lowest BCUT2D eigenvalue weighted by molar-refractivity contribution is 0.0326. The molecule has 0 N–H and O–H groups in total. The highest BCUT2D eigenvalue weighted by molar-refractivity contribution is 5.07. The molecule has 0 unspecified atom stereocenters. The molecule has 0 radical (unpaired) electrons. The molecule has 2 saturated heterocycles. The van der Waals surface area contributed by atoms with Gasteiger partial charge in [0.15, 0.2) is 0 Å². The summed E-state index contributed by atoms with van der Waals surface area (Å²) in [6, 6.07) is 0. The molecule has 0 bridgehead atoms. The van der Waals surface area contributed by atoms with Crippen molar-refractivity contribution in [2.75, 3.05) is 39.4 Å². The molecule has 0 spiro atoms. The Kier molecular flexibility index (Phi) is 5.75.